The molecule has 1 aliphatic carbocycles. The van der Waals surface area contributed by atoms with Gasteiger partial charge >= 0.3 is 6.09 Å². The first kappa shape index (κ1) is 33.8. The summed E-state index contributed by atoms with van der Waals surface area (Å²) in [7, 11) is 1.69. The number of amides is 3. The van der Waals surface area contributed by atoms with Gasteiger partial charge < -0.3 is 34.9 Å². The van der Waals surface area contributed by atoms with Crippen molar-refractivity contribution in [1.29, 1.82) is 0 Å². The largest absolute Gasteiger partial charge is 0.445 e. The molecular formula is C29H46ClN3O7. The molecule has 0 aromatic heterocycles. The van der Waals surface area contributed by atoms with E-state index in [1.54, 1.807) is 36.2 Å². The molecule has 40 heavy (non-hydrogen) atoms. The summed E-state index contributed by atoms with van der Waals surface area (Å²) in [5, 5.41) is 16.0. The highest BCUT2D eigenvalue weighted by atomic mass is 35.5. The van der Waals surface area contributed by atoms with Crippen molar-refractivity contribution in [3.8, 4) is 0 Å². The molecule has 0 saturated heterocycles. The van der Waals surface area contributed by atoms with Gasteiger partial charge in [0.2, 0.25) is 11.8 Å². The Morgan fingerprint density at radius 2 is 1.85 bits per heavy atom. The summed E-state index contributed by atoms with van der Waals surface area (Å²) in [6.07, 6.45) is 5.60. The first-order chi connectivity index (χ1) is 19.3. The first-order valence-corrected chi connectivity index (χ1v) is 14.7. The van der Waals surface area contributed by atoms with Gasteiger partial charge in [0.15, 0.2) is 0 Å². The van der Waals surface area contributed by atoms with Crippen LogP contribution in [0.25, 0.3) is 0 Å². The maximum absolute atomic E-state index is 13.2. The van der Waals surface area contributed by atoms with Crippen LogP contribution in [0.15, 0.2) is 24.3 Å². The number of ether oxygens (including phenoxy) is 3. The lowest BCUT2D eigenvalue weighted by Crippen LogP contribution is -2.51. The molecule has 0 spiro atoms. The number of carbonyl (C=O) groups excluding carboxylic acids is 3. The summed E-state index contributed by atoms with van der Waals surface area (Å²) in [6.45, 7) is 4.08. The van der Waals surface area contributed by atoms with Gasteiger partial charge in [0.05, 0.1) is 32.5 Å². The van der Waals surface area contributed by atoms with Crippen LogP contribution in [-0.2, 0) is 30.4 Å². The number of likely N-dealkylation sites (N-methyl/N-ethyl adjacent to an activating group) is 1. The molecular weight excluding hydrogens is 538 g/mol. The van der Waals surface area contributed by atoms with E-state index in [-0.39, 0.29) is 32.0 Å². The highest BCUT2D eigenvalue weighted by Gasteiger charge is 2.28. The molecule has 0 radical (unpaired) electrons. The summed E-state index contributed by atoms with van der Waals surface area (Å²) in [5.41, 5.74) is 0.739. The zero-order valence-electron chi connectivity index (χ0n) is 23.9. The van der Waals surface area contributed by atoms with Crippen LogP contribution in [0.3, 0.4) is 0 Å². The van der Waals surface area contributed by atoms with E-state index in [0.29, 0.717) is 50.3 Å². The third kappa shape index (κ3) is 13.8. The fourth-order valence-electron chi connectivity index (χ4n) is 4.64. The van der Waals surface area contributed by atoms with E-state index in [4.69, 9.17) is 25.8 Å². The Bertz CT molecular complexity index is 898. The highest BCUT2D eigenvalue weighted by Crippen LogP contribution is 2.27. The Morgan fingerprint density at radius 1 is 1.10 bits per heavy atom. The summed E-state index contributed by atoms with van der Waals surface area (Å²) in [5.74, 6) is -0.188. The Kier molecular flexibility index (Phi) is 16.6. The molecule has 0 unspecified atom stereocenters. The van der Waals surface area contributed by atoms with E-state index in [1.807, 2.05) is 6.92 Å². The number of alkyl carbamates (subject to hydrolysis) is 1. The van der Waals surface area contributed by atoms with Gasteiger partial charge in [-0.05, 0) is 43.4 Å². The molecule has 1 aromatic carbocycles. The summed E-state index contributed by atoms with van der Waals surface area (Å²) in [4.78, 5) is 39.9. The van der Waals surface area contributed by atoms with Crippen LogP contribution in [-0.4, -0.2) is 86.6 Å². The van der Waals surface area contributed by atoms with E-state index in [0.717, 1.165) is 31.2 Å². The summed E-state index contributed by atoms with van der Waals surface area (Å²) in [6, 6.07) is 5.58. The van der Waals surface area contributed by atoms with Gasteiger partial charge in [-0.2, -0.15) is 0 Å². The summed E-state index contributed by atoms with van der Waals surface area (Å²) < 4.78 is 16.0. The molecule has 11 heteroatoms. The molecule has 1 aromatic rings. The molecule has 2 rings (SSSR count). The molecule has 0 aliphatic heterocycles. The standard InChI is InChI=1S/C29H46ClN3O7/c1-3-38-16-17-39-15-14-33(2)27(35)13-12-25(20-34)31-28(36)26(19-22-8-5-4-6-9-22)32-29(37)40-21-23-10-7-11-24(30)18-23/h7,10-11,18,22,25-26,34H,3-6,8-9,12-17,19-21H2,1-2H3,(H,31,36)(H,32,37)/t25-,26-/m0/s1. The molecule has 1 aliphatic rings. The SMILES string of the molecule is CCOCCOCCN(C)C(=O)CC[C@@H](CO)NC(=O)[C@H](CC1CCCCC1)NC(=O)OCc1cccc(Cl)c1. The fraction of sp³-hybridized carbons (Fsp3) is 0.690. The molecule has 1 fully saturated rings. The average molecular weight is 584 g/mol. The van der Waals surface area contributed by atoms with Crippen molar-refractivity contribution < 1.29 is 33.7 Å². The van der Waals surface area contributed by atoms with Gasteiger partial charge in [0, 0.05) is 31.6 Å². The lowest BCUT2D eigenvalue weighted by atomic mass is 9.84. The molecule has 2 atom stereocenters. The highest BCUT2D eigenvalue weighted by molar-refractivity contribution is 6.30. The zero-order chi connectivity index (χ0) is 29.2. The fourth-order valence-corrected chi connectivity index (χ4v) is 4.85. The van der Waals surface area contributed by atoms with Crippen molar-refractivity contribution in [3.63, 3.8) is 0 Å². The van der Waals surface area contributed by atoms with E-state index < -0.39 is 24.1 Å². The minimum absolute atomic E-state index is 0.0244. The Labute approximate surface area is 243 Å². The topological polar surface area (TPSA) is 126 Å². The van der Waals surface area contributed by atoms with Crippen molar-refractivity contribution in [1.82, 2.24) is 15.5 Å². The van der Waals surface area contributed by atoms with Crippen LogP contribution < -0.4 is 10.6 Å². The van der Waals surface area contributed by atoms with E-state index >= 15 is 0 Å². The van der Waals surface area contributed by atoms with Gasteiger partial charge in [-0.1, -0.05) is 55.8 Å². The monoisotopic (exact) mass is 583 g/mol. The van der Waals surface area contributed by atoms with Crippen molar-refractivity contribution in [2.24, 2.45) is 5.92 Å². The van der Waals surface area contributed by atoms with E-state index in [1.165, 1.54) is 6.42 Å². The van der Waals surface area contributed by atoms with Crippen LogP contribution in [0.4, 0.5) is 4.79 Å². The second-order valence-electron chi connectivity index (χ2n) is 10.2. The molecule has 10 nitrogen and oxygen atoms in total. The van der Waals surface area contributed by atoms with Crippen LogP contribution in [0.1, 0.15) is 63.9 Å². The van der Waals surface area contributed by atoms with Gasteiger partial charge in [-0.3, -0.25) is 9.59 Å². The molecule has 0 heterocycles. The number of hydrogen-bond acceptors (Lipinski definition) is 7. The molecule has 3 amide bonds. The predicted molar refractivity (Wildman–Crippen MR) is 153 cm³/mol. The van der Waals surface area contributed by atoms with Crippen molar-refractivity contribution in [2.75, 3.05) is 46.6 Å². The number of nitrogens with zero attached hydrogens (tertiary/aromatic N) is 1. The number of rotatable bonds is 18. The normalized spacial score (nSPS) is 15.2. The molecule has 0 bridgehead atoms. The maximum atomic E-state index is 13.2. The molecule has 3 N–H and O–H groups in total. The van der Waals surface area contributed by atoms with Gasteiger partial charge in [-0.25, -0.2) is 4.79 Å². The van der Waals surface area contributed by atoms with Crippen molar-refractivity contribution >= 4 is 29.5 Å². The first-order valence-electron chi connectivity index (χ1n) is 14.3. The number of carbonyl (C=O) groups is 3. The Hall–Kier alpha value is -2.40. The smallest absolute Gasteiger partial charge is 0.408 e. The Morgan fingerprint density at radius 3 is 2.55 bits per heavy atom. The number of aliphatic hydroxyl groups is 1. The van der Waals surface area contributed by atoms with Gasteiger partial charge in [0.25, 0.3) is 0 Å². The third-order valence-corrected chi connectivity index (χ3v) is 7.24. The Balaban J connectivity index is 1.85. The quantitative estimate of drug-likeness (QED) is 0.225. The third-order valence-electron chi connectivity index (χ3n) is 7.01. The molecule has 226 valence electrons. The lowest BCUT2D eigenvalue weighted by Gasteiger charge is -2.28. The zero-order valence-corrected chi connectivity index (χ0v) is 24.6. The number of hydrogen-bond donors (Lipinski definition) is 3. The van der Waals surface area contributed by atoms with Gasteiger partial charge in [-0.15, -0.1) is 0 Å². The lowest BCUT2D eigenvalue weighted by molar-refractivity contribution is -0.131. The molecule has 1 saturated carbocycles. The van der Waals surface area contributed by atoms with Crippen LogP contribution >= 0.6 is 11.6 Å². The number of halogens is 1. The minimum Gasteiger partial charge on any atom is -0.445 e. The second kappa shape index (κ2) is 19.6. The number of aliphatic hydroxyl groups excluding tert-OH is 1. The average Bonchev–Trinajstić information content (AvgIpc) is 2.95. The van der Waals surface area contributed by atoms with Gasteiger partial charge in [0.1, 0.15) is 12.6 Å². The maximum Gasteiger partial charge on any atom is 0.408 e. The summed E-state index contributed by atoms with van der Waals surface area (Å²) >= 11 is 6.00. The number of benzene rings is 1. The predicted octanol–water partition coefficient (Wildman–Crippen LogP) is 3.67. The van der Waals surface area contributed by atoms with E-state index in [9.17, 15) is 19.5 Å². The van der Waals surface area contributed by atoms with E-state index in [2.05, 4.69) is 10.6 Å². The van der Waals surface area contributed by atoms with Crippen LogP contribution in [0.5, 0.6) is 0 Å². The minimum atomic E-state index is -0.809. The van der Waals surface area contributed by atoms with Crippen molar-refractivity contribution in [3.05, 3.63) is 34.9 Å². The van der Waals surface area contributed by atoms with Crippen LogP contribution in [0, 0.1) is 5.92 Å². The number of nitrogens with one attached hydrogen (secondary N) is 2. The van der Waals surface area contributed by atoms with Crippen LogP contribution in [0.2, 0.25) is 5.02 Å². The second-order valence-corrected chi connectivity index (χ2v) is 10.6. The van der Waals surface area contributed by atoms with Crippen molar-refractivity contribution in [2.45, 2.75) is 77.0 Å².